The van der Waals surface area contributed by atoms with E-state index in [2.05, 4.69) is 33.0 Å². The predicted molar refractivity (Wildman–Crippen MR) is 85.7 cm³/mol. The smallest absolute Gasteiger partial charge is 0.247 e. The lowest BCUT2D eigenvalue weighted by molar-refractivity contribution is 0.183. The van der Waals surface area contributed by atoms with E-state index in [4.69, 9.17) is 10.3 Å². The summed E-state index contributed by atoms with van der Waals surface area (Å²) < 4.78 is 6.52. The van der Waals surface area contributed by atoms with Gasteiger partial charge in [0, 0.05) is 10.0 Å². The second-order valence-electron chi connectivity index (χ2n) is 6.24. The Morgan fingerprint density at radius 2 is 2.24 bits per heavy atom. The molecule has 21 heavy (non-hydrogen) atoms. The van der Waals surface area contributed by atoms with Crippen LogP contribution in [0.2, 0.25) is 0 Å². The summed E-state index contributed by atoms with van der Waals surface area (Å²) in [5, 5.41) is 4.12. The van der Waals surface area contributed by atoms with Crippen LogP contribution in [0.3, 0.4) is 0 Å². The van der Waals surface area contributed by atoms with Gasteiger partial charge in [-0.05, 0) is 37.3 Å². The molecule has 0 saturated heterocycles. The van der Waals surface area contributed by atoms with E-state index < -0.39 is 5.54 Å². The standard InChI is InChI=1S/C16H20BrN3O/c1-10-4-3-7-16(18,9-10)15-19-14(20-21-15)12-6-5-11(2)13(17)8-12/h5-6,8,10H,3-4,7,9,18H2,1-2H3. The van der Waals surface area contributed by atoms with Gasteiger partial charge >= 0.3 is 0 Å². The van der Waals surface area contributed by atoms with E-state index >= 15 is 0 Å². The van der Waals surface area contributed by atoms with Crippen LogP contribution in [-0.4, -0.2) is 10.1 Å². The average molecular weight is 350 g/mol. The van der Waals surface area contributed by atoms with Gasteiger partial charge in [0.15, 0.2) is 0 Å². The Hall–Kier alpha value is -1.20. The van der Waals surface area contributed by atoms with Crippen LogP contribution in [0.15, 0.2) is 27.2 Å². The van der Waals surface area contributed by atoms with Crippen molar-refractivity contribution >= 4 is 15.9 Å². The Kier molecular flexibility index (Phi) is 3.88. The highest BCUT2D eigenvalue weighted by molar-refractivity contribution is 9.10. The number of halogens is 1. The monoisotopic (exact) mass is 349 g/mol. The molecule has 4 nitrogen and oxygen atoms in total. The molecule has 0 aliphatic heterocycles. The molecule has 1 saturated carbocycles. The molecule has 0 amide bonds. The first-order chi connectivity index (χ1) is 9.98. The fraction of sp³-hybridized carbons (Fsp3) is 0.500. The first-order valence-corrected chi connectivity index (χ1v) is 8.17. The van der Waals surface area contributed by atoms with Crippen LogP contribution in [0.25, 0.3) is 11.4 Å². The van der Waals surface area contributed by atoms with Crippen molar-refractivity contribution in [2.24, 2.45) is 11.7 Å². The van der Waals surface area contributed by atoms with Crippen LogP contribution >= 0.6 is 15.9 Å². The topological polar surface area (TPSA) is 64.9 Å². The highest BCUT2D eigenvalue weighted by Crippen LogP contribution is 2.37. The second kappa shape index (κ2) is 5.54. The molecule has 1 aromatic carbocycles. The summed E-state index contributed by atoms with van der Waals surface area (Å²) in [6.45, 7) is 4.28. The summed E-state index contributed by atoms with van der Waals surface area (Å²) in [4.78, 5) is 4.56. The molecule has 1 fully saturated rings. The Balaban J connectivity index is 1.90. The van der Waals surface area contributed by atoms with Gasteiger partial charge < -0.3 is 10.3 Å². The number of hydrogen-bond donors (Lipinski definition) is 1. The zero-order chi connectivity index (χ0) is 15.0. The van der Waals surface area contributed by atoms with Crippen molar-refractivity contribution in [2.75, 3.05) is 0 Å². The molecule has 1 aliphatic rings. The zero-order valence-electron chi connectivity index (χ0n) is 12.4. The fourth-order valence-electron chi connectivity index (χ4n) is 3.06. The van der Waals surface area contributed by atoms with Crippen molar-refractivity contribution in [1.82, 2.24) is 10.1 Å². The lowest BCUT2D eigenvalue weighted by Gasteiger charge is -2.33. The molecule has 2 aromatic rings. The van der Waals surface area contributed by atoms with E-state index in [0.717, 1.165) is 29.3 Å². The summed E-state index contributed by atoms with van der Waals surface area (Å²) in [6.07, 6.45) is 4.17. The van der Waals surface area contributed by atoms with Gasteiger partial charge in [0.2, 0.25) is 11.7 Å². The largest absolute Gasteiger partial charge is 0.337 e. The molecular weight excluding hydrogens is 330 g/mol. The molecule has 0 spiro atoms. The Labute approximate surface area is 133 Å². The number of hydrogen-bond acceptors (Lipinski definition) is 4. The van der Waals surface area contributed by atoms with Crippen LogP contribution in [0.1, 0.15) is 44.1 Å². The second-order valence-corrected chi connectivity index (χ2v) is 7.10. The van der Waals surface area contributed by atoms with E-state index in [1.807, 2.05) is 25.1 Å². The lowest BCUT2D eigenvalue weighted by atomic mass is 9.77. The average Bonchev–Trinajstić information content (AvgIpc) is 2.92. The number of benzene rings is 1. The van der Waals surface area contributed by atoms with Gasteiger partial charge in [-0.1, -0.05) is 53.0 Å². The summed E-state index contributed by atoms with van der Waals surface area (Å²) >= 11 is 3.53. The molecule has 5 heteroatoms. The molecule has 1 aliphatic carbocycles. The summed E-state index contributed by atoms with van der Waals surface area (Å²) in [6, 6.07) is 6.05. The maximum atomic E-state index is 6.51. The van der Waals surface area contributed by atoms with Crippen LogP contribution < -0.4 is 5.73 Å². The van der Waals surface area contributed by atoms with E-state index in [1.54, 1.807) is 0 Å². The Morgan fingerprint density at radius 3 is 2.95 bits per heavy atom. The van der Waals surface area contributed by atoms with Gasteiger partial charge in [0.05, 0.1) is 5.54 Å². The first-order valence-electron chi connectivity index (χ1n) is 7.37. The molecule has 2 unspecified atom stereocenters. The van der Waals surface area contributed by atoms with E-state index in [1.165, 1.54) is 12.0 Å². The minimum absolute atomic E-state index is 0.467. The van der Waals surface area contributed by atoms with Gasteiger partial charge in [-0.3, -0.25) is 0 Å². The van der Waals surface area contributed by atoms with E-state index in [9.17, 15) is 0 Å². The molecular formula is C16H20BrN3O. The van der Waals surface area contributed by atoms with Crippen LogP contribution in [0, 0.1) is 12.8 Å². The lowest BCUT2D eigenvalue weighted by Crippen LogP contribution is -2.41. The molecule has 1 heterocycles. The van der Waals surface area contributed by atoms with Crippen molar-refractivity contribution in [1.29, 1.82) is 0 Å². The molecule has 1 aromatic heterocycles. The number of aryl methyl sites for hydroxylation is 1. The minimum atomic E-state index is -0.467. The van der Waals surface area contributed by atoms with Gasteiger partial charge in [0.25, 0.3) is 0 Å². The highest BCUT2D eigenvalue weighted by atomic mass is 79.9. The molecule has 2 atom stereocenters. The summed E-state index contributed by atoms with van der Waals surface area (Å²) in [5.41, 5.74) is 8.16. The van der Waals surface area contributed by atoms with Crippen molar-refractivity contribution in [3.8, 4) is 11.4 Å². The molecule has 0 radical (unpaired) electrons. The first kappa shape index (κ1) is 14.7. The third kappa shape index (κ3) is 2.90. The number of nitrogens with zero attached hydrogens (tertiary/aromatic N) is 2. The predicted octanol–water partition coefficient (Wildman–Crippen LogP) is 4.17. The van der Waals surface area contributed by atoms with E-state index in [0.29, 0.717) is 17.6 Å². The van der Waals surface area contributed by atoms with Gasteiger partial charge in [-0.15, -0.1) is 0 Å². The van der Waals surface area contributed by atoms with Crippen LogP contribution in [0.5, 0.6) is 0 Å². The Bertz CT molecular complexity index is 655. The highest BCUT2D eigenvalue weighted by Gasteiger charge is 2.37. The molecule has 112 valence electrons. The number of nitrogens with two attached hydrogens (primary N) is 1. The zero-order valence-corrected chi connectivity index (χ0v) is 14.0. The molecule has 2 N–H and O–H groups in total. The van der Waals surface area contributed by atoms with Crippen molar-refractivity contribution in [3.05, 3.63) is 34.1 Å². The maximum Gasteiger partial charge on any atom is 0.247 e. The van der Waals surface area contributed by atoms with Crippen molar-refractivity contribution in [3.63, 3.8) is 0 Å². The quantitative estimate of drug-likeness (QED) is 0.883. The van der Waals surface area contributed by atoms with Gasteiger partial charge in [-0.2, -0.15) is 4.98 Å². The van der Waals surface area contributed by atoms with Crippen molar-refractivity contribution in [2.45, 2.75) is 45.1 Å². The molecule has 3 rings (SSSR count). The normalized spacial score (nSPS) is 26.0. The number of rotatable bonds is 2. The number of aromatic nitrogens is 2. The van der Waals surface area contributed by atoms with Crippen molar-refractivity contribution < 1.29 is 4.52 Å². The maximum absolute atomic E-state index is 6.51. The third-order valence-corrected chi connectivity index (χ3v) is 5.17. The van der Waals surface area contributed by atoms with Gasteiger partial charge in [0.1, 0.15) is 0 Å². The minimum Gasteiger partial charge on any atom is -0.337 e. The van der Waals surface area contributed by atoms with Gasteiger partial charge in [-0.25, -0.2) is 0 Å². The Morgan fingerprint density at radius 1 is 1.43 bits per heavy atom. The third-order valence-electron chi connectivity index (χ3n) is 4.31. The van der Waals surface area contributed by atoms with E-state index in [-0.39, 0.29) is 0 Å². The SMILES string of the molecule is Cc1ccc(-c2noc(C3(N)CCCC(C)C3)n2)cc1Br. The van der Waals surface area contributed by atoms with Crippen LogP contribution in [0.4, 0.5) is 0 Å². The van der Waals surface area contributed by atoms with Crippen LogP contribution in [-0.2, 0) is 5.54 Å². The fourth-order valence-corrected chi connectivity index (χ4v) is 3.44. The summed E-state index contributed by atoms with van der Waals surface area (Å²) in [7, 11) is 0. The summed E-state index contributed by atoms with van der Waals surface area (Å²) in [5.74, 6) is 1.78. The molecule has 0 bridgehead atoms.